The molecule has 0 spiro atoms. The molecule has 0 atom stereocenters. The fraction of sp³-hybridized carbons (Fsp3) is 0. The molecule has 0 saturated heterocycles. The van der Waals surface area contributed by atoms with Crippen LogP contribution in [0.25, 0.3) is 54.8 Å². The van der Waals surface area contributed by atoms with Crippen LogP contribution in [0, 0.1) is 5.82 Å². The number of rotatable bonds is 5. The zero-order chi connectivity index (χ0) is 30.4. The summed E-state index contributed by atoms with van der Waals surface area (Å²) in [6.07, 6.45) is 0. The van der Waals surface area contributed by atoms with Crippen molar-refractivity contribution in [3.05, 3.63) is 170 Å². The summed E-state index contributed by atoms with van der Waals surface area (Å²) in [5, 5.41) is 7.89. The largest absolute Gasteiger partial charge is 0.309 e. The van der Waals surface area contributed by atoms with E-state index in [1.54, 1.807) is 12.1 Å². The van der Waals surface area contributed by atoms with Gasteiger partial charge >= 0.3 is 0 Å². The van der Waals surface area contributed by atoms with Crippen LogP contribution in [-0.2, 0) is 4.57 Å². The number of hydrogen-bond donors (Lipinski definition) is 0. The van der Waals surface area contributed by atoms with Crippen molar-refractivity contribution in [2.24, 2.45) is 0 Å². The molecule has 214 valence electrons. The van der Waals surface area contributed by atoms with Crippen molar-refractivity contribution < 1.29 is 8.96 Å². The van der Waals surface area contributed by atoms with E-state index < -0.39 is 7.14 Å². The summed E-state index contributed by atoms with van der Waals surface area (Å²) < 4.78 is 28.7. The Morgan fingerprint density at radius 3 is 1.69 bits per heavy atom. The molecule has 8 rings (SSSR count). The molecule has 0 aliphatic heterocycles. The van der Waals surface area contributed by atoms with Crippen LogP contribution in [0.15, 0.2) is 164 Å². The molecule has 8 aromatic rings. The molecule has 2 nitrogen and oxygen atoms in total. The van der Waals surface area contributed by atoms with Crippen molar-refractivity contribution in [2.75, 3.05) is 0 Å². The van der Waals surface area contributed by atoms with E-state index in [-0.39, 0.29) is 5.82 Å². The van der Waals surface area contributed by atoms with E-state index in [0.717, 1.165) is 70.7 Å². The van der Waals surface area contributed by atoms with Crippen LogP contribution >= 0.6 is 7.14 Å². The second-order valence-corrected chi connectivity index (χ2v) is 14.0. The van der Waals surface area contributed by atoms with Gasteiger partial charge < -0.3 is 4.57 Å². The monoisotopic (exact) mass is 599 g/mol. The maximum Gasteiger partial charge on any atom is 0.171 e. The number of para-hydroxylation sites is 1. The third-order valence-corrected chi connectivity index (χ3v) is 11.7. The summed E-state index contributed by atoms with van der Waals surface area (Å²) in [5.74, 6) is -0.270. The normalized spacial score (nSPS) is 11.8. The lowest BCUT2D eigenvalue weighted by Crippen LogP contribution is -2.24. The predicted octanol–water partition coefficient (Wildman–Crippen LogP) is 9.65. The van der Waals surface area contributed by atoms with Crippen LogP contribution in [0.2, 0.25) is 0 Å². The van der Waals surface area contributed by atoms with Gasteiger partial charge in [-0.05, 0) is 52.2 Å². The molecule has 0 aliphatic rings. The summed E-state index contributed by atoms with van der Waals surface area (Å²) >= 11 is 0. The molecule has 0 radical (unpaired) electrons. The molecule has 0 amide bonds. The van der Waals surface area contributed by atoms with Gasteiger partial charge in [0, 0.05) is 37.6 Å². The number of hydrogen-bond acceptors (Lipinski definition) is 2. The van der Waals surface area contributed by atoms with Gasteiger partial charge in [-0.25, -0.2) is 9.37 Å². The van der Waals surface area contributed by atoms with Crippen molar-refractivity contribution >= 4 is 55.5 Å². The molecular weight excluding hydrogens is 572 g/mol. The molecule has 0 saturated carbocycles. The Morgan fingerprint density at radius 2 is 1.00 bits per heavy atom. The quantitative estimate of drug-likeness (QED) is 0.146. The highest BCUT2D eigenvalue weighted by Gasteiger charge is 2.29. The van der Waals surface area contributed by atoms with Crippen molar-refractivity contribution in [1.82, 2.24) is 4.98 Å². The first-order chi connectivity index (χ1) is 22.1. The second kappa shape index (κ2) is 11.0. The highest BCUT2D eigenvalue weighted by atomic mass is 31.2. The third kappa shape index (κ3) is 4.56. The van der Waals surface area contributed by atoms with E-state index in [9.17, 15) is 8.96 Å². The lowest BCUT2D eigenvalue weighted by atomic mass is 9.91. The predicted molar refractivity (Wildman–Crippen MR) is 187 cm³/mol. The van der Waals surface area contributed by atoms with E-state index in [4.69, 9.17) is 4.98 Å². The maximum atomic E-state index is 14.9. The van der Waals surface area contributed by atoms with Crippen LogP contribution in [0.5, 0.6) is 0 Å². The SMILES string of the molecule is O=P(c1ccccc1)(c1ccccc1)c1ccc(-c2cccc3c2ccc2c(-c4ccc(F)cc4)nc4ccccc4c23)cc1. The molecule has 0 fully saturated rings. The summed E-state index contributed by atoms with van der Waals surface area (Å²) in [7, 11) is -3.06. The summed E-state index contributed by atoms with van der Waals surface area (Å²) in [4.78, 5) is 5.02. The molecule has 1 aromatic heterocycles. The minimum Gasteiger partial charge on any atom is -0.309 e. The molecule has 0 N–H and O–H groups in total. The van der Waals surface area contributed by atoms with Gasteiger partial charge in [0.15, 0.2) is 7.14 Å². The highest BCUT2D eigenvalue weighted by molar-refractivity contribution is 7.85. The van der Waals surface area contributed by atoms with Gasteiger partial charge in [-0.2, -0.15) is 0 Å². The topological polar surface area (TPSA) is 30.0 Å². The average Bonchev–Trinajstić information content (AvgIpc) is 3.11. The number of pyridine rings is 1. The van der Waals surface area contributed by atoms with E-state index in [0.29, 0.717) is 0 Å². The van der Waals surface area contributed by atoms with E-state index >= 15 is 0 Å². The second-order valence-electron chi connectivity index (χ2n) is 11.2. The fourth-order valence-electron chi connectivity index (χ4n) is 6.46. The van der Waals surface area contributed by atoms with Gasteiger partial charge in [-0.1, -0.05) is 133 Å². The summed E-state index contributed by atoms with van der Waals surface area (Å²) in [6, 6.07) is 53.1. The first-order valence-corrected chi connectivity index (χ1v) is 16.6. The molecule has 45 heavy (non-hydrogen) atoms. The molecule has 7 aromatic carbocycles. The number of aromatic nitrogens is 1. The van der Waals surface area contributed by atoms with E-state index in [2.05, 4.69) is 48.5 Å². The average molecular weight is 600 g/mol. The Hall–Kier alpha value is -5.37. The molecule has 4 heteroatoms. The molecule has 1 heterocycles. The van der Waals surface area contributed by atoms with Gasteiger partial charge in [-0.15, -0.1) is 0 Å². The van der Waals surface area contributed by atoms with Crippen molar-refractivity contribution in [3.63, 3.8) is 0 Å². The zero-order valence-electron chi connectivity index (χ0n) is 24.3. The number of benzene rings is 7. The number of fused-ring (bicyclic) bond motifs is 5. The molecule has 0 aliphatic carbocycles. The van der Waals surface area contributed by atoms with Crippen molar-refractivity contribution in [2.45, 2.75) is 0 Å². The Balaban J connectivity index is 1.31. The molecule has 0 unspecified atom stereocenters. The van der Waals surface area contributed by atoms with Gasteiger partial charge in [0.25, 0.3) is 0 Å². The Labute approximate surface area is 260 Å². The summed E-state index contributed by atoms with van der Waals surface area (Å²) in [5.41, 5.74) is 4.74. The Morgan fingerprint density at radius 1 is 0.444 bits per heavy atom. The summed E-state index contributed by atoms with van der Waals surface area (Å²) in [6.45, 7) is 0. The van der Waals surface area contributed by atoms with Crippen LogP contribution in [-0.4, -0.2) is 4.98 Å². The Bertz CT molecular complexity index is 2340. The third-order valence-electron chi connectivity index (χ3n) is 8.62. The maximum absolute atomic E-state index is 14.9. The fourth-order valence-corrected chi connectivity index (χ4v) is 9.11. The van der Waals surface area contributed by atoms with Crippen LogP contribution in [0.4, 0.5) is 4.39 Å². The van der Waals surface area contributed by atoms with Crippen LogP contribution in [0.3, 0.4) is 0 Å². The number of nitrogens with zero attached hydrogens (tertiary/aromatic N) is 1. The standard InChI is InChI=1S/C41H27FNOP/c42-30-22-18-29(19-23-30)41-38-27-26-35-34(15-9-16-36(35)40(38)37-14-7-8-17-39(37)43-41)28-20-24-33(25-21-28)45(44,31-10-3-1-4-11-31)32-12-5-2-6-13-32/h1-27H. The van der Waals surface area contributed by atoms with Gasteiger partial charge in [0.05, 0.1) is 11.2 Å². The van der Waals surface area contributed by atoms with Gasteiger partial charge in [-0.3, -0.25) is 0 Å². The first kappa shape index (κ1) is 27.2. The van der Waals surface area contributed by atoms with Crippen molar-refractivity contribution in [3.8, 4) is 22.4 Å². The number of halogens is 1. The smallest absolute Gasteiger partial charge is 0.171 e. The van der Waals surface area contributed by atoms with E-state index in [1.165, 1.54) is 12.1 Å². The lowest BCUT2D eigenvalue weighted by molar-refractivity contribution is 0.592. The highest BCUT2D eigenvalue weighted by Crippen LogP contribution is 2.43. The lowest BCUT2D eigenvalue weighted by Gasteiger charge is -2.20. The Kier molecular flexibility index (Phi) is 6.63. The van der Waals surface area contributed by atoms with E-state index in [1.807, 2.05) is 91.0 Å². The zero-order valence-corrected chi connectivity index (χ0v) is 25.2. The molecular formula is C41H27FNOP. The van der Waals surface area contributed by atoms with Crippen molar-refractivity contribution in [1.29, 1.82) is 0 Å². The minimum atomic E-state index is -3.06. The van der Waals surface area contributed by atoms with Crippen LogP contribution < -0.4 is 15.9 Å². The minimum absolute atomic E-state index is 0.270. The molecule has 0 bridgehead atoms. The first-order valence-electron chi connectivity index (χ1n) is 14.9. The van der Waals surface area contributed by atoms with Gasteiger partial charge in [0.1, 0.15) is 5.82 Å². The van der Waals surface area contributed by atoms with Crippen LogP contribution in [0.1, 0.15) is 0 Å². The van der Waals surface area contributed by atoms with Gasteiger partial charge in [0.2, 0.25) is 0 Å².